The van der Waals surface area contributed by atoms with Gasteiger partial charge in [0.1, 0.15) is 0 Å². The Hall–Kier alpha value is -0.560. The molecule has 0 aromatic heterocycles. The minimum absolute atomic E-state index is 0.0700. The predicted octanol–water partition coefficient (Wildman–Crippen LogP) is 1.79. The van der Waals surface area contributed by atoms with Crippen molar-refractivity contribution < 1.29 is 13.5 Å². The van der Waals surface area contributed by atoms with Gasteiger partial charge >= 0.3 is 0 Å². The van der Waals surface area contributed by atoms with Crippen LogP contribution < -0.4 is 4.72 Å². The number of hydrogen-bond acceptors (Lipinski definition) is 4. The maximum absolute atomic E-state index is 12.2. The average molecular weight is 315 g/mol. The average Bonchev–Trinajstić information content (AvgIpc) is 2.39. The molecule has 1 aromatic carbocycles. The van der Waals surface area contributed by atoms with Crippen LogP contribution in [0.4, 0.5) is 0 Å². The van der Waals surface area contributed by atoms with Crippen LogP contribution in [-0.2, 0) is 16.4 Å². The number of hydrogen-bond donors (Lipinski definition) is 2. The summed E-state index contributed by atoms with van der Waals surface area (Å²) in [6, 6.07) is 6.69. The van der Waals surface area contributed by atoms with E-state index in [0.717, 1.165) is 18.4 Å². The number of thioether (sulfide) groups is 1. The van der Waals surface area contributed by atoms with E-state index in [1.54, 1.807) is 36.0 Å². The molecule has 0 amide bonds. The van der Waals surface area contributed by atoms with E-state index in [-0.39, 0.29) is 16.2 Å². The number of rotatable bonds is 7. The quantitative estimate of drug-likeness (QED) is 0.805. The molecule has 0 saturated heterocycles. The molecule has 0 bridgehead atoms. The lowest BCUT2D eigenvalue weighted by atomic mass is 9.84. The number of aliphatic hydroxyl groups excluding tert-OH is 1. The van der Waals surface area contributed by atoms with Crippen LogP contribution >= 0.6 is 11.8 Å². The fourth-order valence-corrected chi connectivity index (χ4v) is 4.43. The van der Waals surface area contributed by atoms with Crippen LogP contribution in [0.3, 0.4) is 0 Å². The van der Waals surface area contributed by atoms with Crippen LogP contribution in [0.2, 0.25) is 0 Å². The Morgan fingerprint density at radius 3 is 2.40 bits per heavy atom. The zero-order valence-electron chi connectivity index (χ0n) is 11.6. The molecule has 1 aliphatic rings. The molecule has 6 heteroatoms. The predicted molar refractivity (Wildman–Crippen MR) is 82.5 cm³/mol. The summed E-state index contributed by atoms with van der Waals surface area (Å²) in [7, 11) is -3.44. The minimum Gasteiger partial charge on any atom is -0.396 e. The van der Waals surface area contributed by atoms with Crippen LogP contribution in [0, 0.1) is 0 Å². The molecule has 4 nitrogen and oxygen atoms in total. The normalized spacial score (nSPS) is 17.7. The van der Waals surface area contributed by atoms with E-state index >= 15 is 0 Å². The summed E-state index contributed by atoms with van der Waals surface area (Å²) in [6.07, 6.45) is 5.91. The van der Waals surface area contributed by atoms with Gasteiger partial charge in [-0.2, -0.15) is 11.8 Å². The van der Waals surface area contributed by atoms with Gasteiger partial charge < -0.3 is 5.11 Å². The molecule has 0 heterocycles. The van der Waals surface area contributed by atoms with E-state index in [1.807, 2.05) is 6.26 Å². The first-order chi connectivity index (χ1) is 9.51. The zero-order chi connectivity index (χ0) is 14.6. The van der Waals surface area contributed by atoms with Gasteiger partial charge in [0, 0.05) is 17.9 Å². The Balaban J connectivity index is 2.02. The summed E-state index contributed by atoms with van der Waals surface area (Å²) in [5.74, 6) is 0. The SMILES string of the molecule is CSC1(CNS(=O)(=O)c2ccc(CCO)cc2)CCC1. The second-order valence-corrected chi connectivity index (χ2v) is 8.22. The zero-order valence-corrected chi connectivity index (χ0v) is 13.3. The second-order valence-electron chi connectivity index (χ2n) is 5.18. The van der Waals surface area contributed by atoms with E-state index in [9.17, 15) is 8.42 Å². The topological polar surface area (TPSA) is 66.4 Å². The van der Waals surface area contributed by atoms with Gasteiger partial charge in [0.25, 0.3) is 0 Å². The van der Waals surface area contributed by atoms with Gasteiger partial charge in [0.05, 0.1) is 4.90 Å². The lowest BCUT2D eigenvalue weighted by molar-refractivity contribution is 0.299. The molecule has 2 N–H and O–H groups in total. The van der Waals surface area contributed by atoms with Crippen LogP contribution in [0.15, 0.2) is 29.2 Å². The monoisotopic (exact) mass is 315 g/mol. The van der Waals surface area contributed by atoms with Gasteiger partial charge in [-0.25, -0.2) is 13.1 Å². The van der Waals surface area contributed by atoms with Gasteiger partial charge in [-0.1, -0.05) is 18.6 Å². The second kappa shape index (κ2) is 6.47. The van der Waals surface area contributed by atoms with Crippen molar-refractivity contribution in [2.75, 3.05) is 19.4 Å². The van der Waals surface area contributed by atoms with Crippen molar-refractivity contribution in [3.8, 4) is 0 Å². The van der Waals surface area contributed by atoms with E-state index in [1.165, 1.54) is 6.42 Å². The van der Waals surface area contributed by atoms with Crippen molar-refractivity contribution >= 4 is 21.8 Å². The highest BCUT2D eigenvalue weighted by Gasteiger charge is 2.37. The van der Waals surface area contributed by atoms with Gasteiger partial charge in [0.2, 0.25) is 10.0 Å². The molecule has 1 aliphatic carbocycles. The van der Waals surface area contributed by atoms with Crippen LogP contribution in [0.1, 0.15) is 24.8 Å². The van der Waals surface area contributed by atoms with Crippen molar-refractivity contribution in [1.29, 1.82) is 0 Å². The summed E-state index contributed by atoms with van der Waals surface area (Å²) in [5.41, 5.74) is 0.936. The highest BCUT2D eigenvalue weighted by molar-refractivity contribution is 8.00. The van der Waals surface area contributed by atoms with Crippen molar-refractivity contribution in [3.05, 3.63) is 29.8 Å². The molecule has 1 fully saturated rings. The number of benzene rings is 1. The van der Waals surface area contributed by atoms with Crippen molar-refractivity contribution in [2.45, 2.75) is 35.3 Å². The summed E-state index contributed by atoms with van der Waals surface area (Å²) < 4.78 is 27.3. The highest BCUT2D eigenvalue weighted by atomic mass is 32.2. The third-order valence-electron chi connectivity index (χ3n) is 3.92. The molecular formula is C14H21NO3S2. The summed E-state index contributed by atoms with van der Waals surface area (Å²) >= 11 is 1.75. The molecule has 20 heavy (non-hydrogen) atoms. The summed E-state index contributed by atoms with van der Waals surface area (Å²) in [6.45, 7) is 0.565. The van der Waals surface area contributed by atoms with Gasteiger partial charge in [-0.3, -0.25) is 0 Å². The van der Waals surface area contributed by atoms with Crippen molar-refractivity contribution in [3.63, 3.8) is 0 Å². The third kappa shape index (κ3) is 3.55. The largest absolute Gasteiger partial charge is 0.396 e. The van der Waals surface area contributed by atoms with E-state index < -0.39 is 10.0 Å². The van der Waals surface area contributed by atoms with Gasteiger partial charge in [0.15, 0.2) is 0 Å². The molecule has 0 spiro atoms. The molecule has 0 unspecified atom stereocenters. The molecule has 1 saturated carbocycles. The molecular weight excluding hydrogens is 294 g/mol. The highest BCUT2D eigenvalue weighted by Crippen LogP contribution is 2.42. The Bertz CT molecular complexity index is 531. The van der Waals surface area contributed by atoms with E-state index in [2.05, 4.69) is 4.72 Å². The Morgan fingerprint density at radius 2 is 1.95 bits per heavy atom. The van der Waals surface area contributed by atoms with Gasteiger partial charge in [-0.15, -0.1) is 0 Å². The first-order valence-corrected chi connectivity index (χ1v) is 9.47. The molecule has 0 radical (unpaired) electrons. The summed E-state index contributed by atoms with van der Waals surface area (Å²) in [5, 5.41) is 8.85. The van der Waals surface area contributed by atoms with E-state index in [0.29, 0.717) is 13.0 Å². The Morgan fingerprint density at radius 1 is 1.30 bits per heavy atom. The maximum Gasteiger partial charge on any atom is 0.240 e. The molecule has 112 valence electrons. The third-order valence-corrected chi connectivity index (χ3v) is 6.75. The van der Waals surface area contributed by atoms with Crippen LogP contribution in [-0.4, -0.2) is 37.7 Å². The fraction of sp³-hybridized carbons (Fsp3) is 0.571. The van der Waals surface area contributed by atoms with Crippen LogP contribution in [0.5, 0.6) is 0 Å². The molecule has 0 aliphatic heterocycles. The minimum atomic E-state index is -3.44. The van der Waals surface area contributed by atoms with Crippen molar-refractivity contribution in [1.82, 2.24) is 4.72 Å². The smallest absolute Gasteiger partial charge is 0.240 e. The maximum atomic E-state index is 12.2. The number of sulfonamides is 1. The first-order valence-electron chi connectivity index (χ1n) is 6.76. The number of nitrogens with one attached hydrogen (secondary N) is 1. The number of aliphatic hydroxyl groups is 1. The van der Waals surface area contributed by atoms with Gasteiger partial charge in [-0.05, 0) is 43.2 Å². The first kappa shape index (κ1) is 15.8. The van der Waals surface area contributed by atoms with Crippen molar-refractivity contribution in [2.24, 2.45) is 0 Å². The Labute approximate surface area is 125 Å². The Kier molecular flexibility index (Phi) is 5.12. The lowest BCUT2D eigenvalue weighted by Gasteiger charge is -2.40. The molecule has 0 atom stereocenters. The standard InChI is InChI=1S/C14H21NO3S2/c1-19-14(8-2-9-14)11-15-20(17,18)13-5-3-12(4-6-13)7-10-16/h3-6,15-16H,2,7-11H2,1H3. The van der Waals surface area contributed by atoms with Crippen LogP contribution in [0.25, 0.3) is 0 Å². The lowest BCUT2D eigenvalue weighted by Crippen LogP contribution is -2.45. The molecule has 2 rings (SSSR count). The van der Waals surface area contributed by atoms with E-state index in [4.69, 9.17) is 5.11 Å². The summed E-state index contributed by atoms with van der Waals surface area (Å²) in [4.78, 5) is 0.287. The molecule has 1 aromatic rings. The fourth-order valence-electron chi connectivity index (χ4n) is 2.30.